The van der Waals surface area contributed by atoms with Crippen LogP contribution in [-0.4, -0.2) is 21.8 Å². The van der Waals surface area contributed by atoms with Crippen LogP contribution in [0.2, 0.25) is 0 Å². The predicted octanol–water partition coefficient (Wildman–Crippen LogP) is 2.01. The number of nitrogens with zero attached hydrogens (tertiary/aromatic N) is 3. The van der Waals surface area contributed by atoms with E-state index in [1.807, 2.05) is 13.0 Å². The molecule has 0 aliphatic heterocycles. The van der Waals surface area contributed by atoms with Crippen LogP contribution in [0.5, 0.6) is 5.75 Å². The van der Waals surface area contributed by atoms with Gasteiger partial charge in [0.05, 0.1) is 17.3 Å². The van der Waals surface area contributed by atoms with E-state index in [9.17, 15) is 4.79 Å². The fraction of sp³-hybridized carbons (Fsp3) is 0.267. The second kappa shape index (κ2) is 6.09. The summed E-state index contributed by atoms with van der Waals surface area (Å²) in [7, 11) is 1.76. The summed E-state index contributed by atoms with van der Waals surface area (Å²) in [6.45, 7) is 3.52. The van der Waals surface area contributed by atoms with Crippen LogP contribution in [0.4, 0.5) is 5.82 Å². The first-order valence-electron chi connectivity index (χ1n) is 6.48. The molecule has 21 heavy (non-hydrogen) atoms. The molecule has 0 spiro atoms. The molecule has 108 valence electrons. The number of rotatable bonds is 4. The quantitative estimate of drug-likeness (QED) is 0.931. The molecular weight excluding hydrogens is 268 g/mol. The Kier molecular flexibility index (Phi) is 4.24. The highest BCUT2D eigenvalue weighted by Gasteiger charge is 2.16. The topological polar surface area (TPSA) is 79.9 Å². The van der Waals surface area contributed by atoms with E-state index >= 15 is 0 Å². The van der Waals surface area contributed by atoms with Crippen LogP contribution in [0.15, 0.2) is 30.3 Å². The molecule has 2 rings (SSSR count). The Labute approximate surface area is 123 Å². The fourth-order valence-electron chi connectivity index (χ4n) is 1.82. The molecule has 2 aromatic rings. The third-order valence-electron chi connectivity index (χ3n) is 2.92. The van der Waals surface area contributed by atoms with Crippen LogP contribution in [0.3, 0.4) is 0 Å². The van der Waals surface area contributed by atoms with E-state index in [4.69, 9.17) is 10.00 Å². The molecule has 0 radical (unpaired) electrons. The molecule has 0 fully saturated rings. The van der Waals surface area contributed by atoms with Crippen molar-refractivity contribution in [3.05, 3.63) is 41.6 Å². The maximum absolute atomic E-state index is 12.1. The standard InChI is InChI=1S/C15H16N4O2/c1-10-8-14(19(3)18-10)17-15(20)11(2)21-13-6-4-12(9-16)5-7-13/h4-8,11H,1-3H3,(H,17,20)/t11-/m1/s1. The number of hydrogen-bond acceptors (Lipinski definition) is 4. The van der Waals surface area contributed by atoms with Crippen LogP contribution >= 0.6 is 0 Å². The summed E-state index contributed by atoms with van der Waals surface area (Å²) in [6.07, 6.45) is -0.659. The van der Waals surface area contributed by atoms with Gasteiger partial charge < -0.3 is 10.1 Å². The monoisotopic (exact) mass is 284 g/mol. The minimum Gasteiger partial charge on any atom is -0.481 e. The first kappa shape index (κ1) is 14.6. The van der Waals surface area contributed by atoms with E-state index in [-0.39, 0.29) is 5.91 Å². The van der Waals surface area contributed by atoms with Crippen molar-refractivity contribution in [2.45, 2.75) is 20.0 Å². The van der Waals surface area contributed by atoms with Gasteiger partial charge in [0, 0.05) is 13.1 Å². The van der Waals surface area contributed by atoms with E-state index in [0.29, 0.717) is 17.1 Å². The molecule has 0 unspecified atom stereocenters. The number of nitrogens with one attached hydrogen (secondary N) is 1. The molecule has 1 heterocycles. The molecule has 0 aliphatic carbocycles. The van der Waals surface area contributed by atoms with Crippen molar-refractivity contribution in [1.82, 2.24) is 9.78 Å². The number of aromatic nitrogens is 2. The smallest absolute Gasteiger partial charge is 0.266 e. The van der Waals surface area contributed by atoms with Gasteiger partial charge in [-0.05, 0) is 38.1 Å². The summed E-state index contributed by atoms with van der Waals surface area (Å²) in [5.41, 5.74) is 1.37. The molecule has 1 N–H and O–H groups in total. The minimum absolute atomic E-state index is 0.262. The van der Waals surface area contributed by atoms with Gasteiger partial charge in [0.15, 0.2) is 6.10 Å². The average molecular weight is 284 g/mol. The number of aryl methyl sites for hydroxylation is 2. The summed E-state index contributed by atoms with van der Waals surface area (Å²) >= 11 is 0. The van der Waals surface area contributed by atoms with E-state index in [1.54, 1.807) is 49.0 Å². The highest BCUT2D eigenvalue weighted by molar-refractivity contribution is 5.93. The number of carbonyl (C=O) groups excluding carboxylic acids is 1. The van der Waals surface area contributed by atoms with E-state index in [0.717, 1.165) is 5.69 Å². The number of anilines is 1. The van der Waals surface area contributed by atoms with Crippen LogP contribution in [0.25, 0.3) is 0 Å². The van der Waals surface area contributed by atoms with E-state index < -0.39 is 6.10 Å². The number of carbonyl (C=O) groups is 1. The summed E-state index contributed by atoms with van der Waals surface area (Å²) < 4.78 is 7.14. The molecule has 0 saturated carbocycles. The molecule has 1 atom stereocenters. The van der Waals surface area contributed by atoms with Crippen LogP contribution in [-0.2, 0) is 11.8 Å². The first-order valence-corrected chi connectivity index (χ1v) is 6.48. The maximum atomic E-state index is 12.1. The SMILES string of the molecule is Cc1cc(NC(=O)[C@@H](C)Oc2ccc(C#N)cc2)n(C)n1. The van der Waals surface area contributed by atoms with Gasteiger partial charge in [-0.3, -0.25) is 9.48 Å². The van der Waals surface area contributed by atoms with Gasteiger partial charge in [-0.15, -0.1) is 0 Å². The lowest BCUT2D eigenvalue weighted by Crippen LogP contribution is -2.30. The third kappa shape index (κ3) is 3.60. The summed E-state index contributed by atoms with van der Waals surface area (Å²) in [6, 6.07) is 10.4. The number of ether oxygens (including phenoxy) is 1. The van der Waals surface area contributed by atoms with Crippen LogP contribution in [0.1, 0.15) is 18.2 Å². The first-order chi connectivity index (χ1) is 9.99. The zero-order valence-electron chi connectivity index (χ0n) is 12.1. The Bertz CT molecular complexity index is 683. The lowest BCUT2D eigenvalue weighted by atomic mass is 10.2. The molecule has 1 aromatic carbocycles. The largest absolute Gasteiger partial charge is 0.481 e. The lowest BCUT2D eigenvalue weighted by molar-refractivity contribution is -0.122. The predicted molar refractivity (Wildman–Crippen MR) is 77.8 cm³/mol. The fourth-order valence-corrected chi connectivity index (χ4v) is 1.82. The molecule has 6 heteroatoms. The molecule has 1 amide bonds. The molecule has 1 aromatic heterocycles. The summed E-state index contributed by atoms with van der Waals surface area (Å²) in [5, 5.41) is 15.6. The van der Waals surface area contributed by atoms with Gasteiger partial charge in [-0.1, -0.05) is 0 Å². The van der Waals surface area contributed by atoms with Gasteiger partial charge in [0.25, 0.3) is 5.91 Å². The van der Waals surface area contributed by atoms with Crippen molar-refractivity contribution in [3.63, 3.8) is 0 Å². The Morgan fingerprint density at radius 2 is 2.10 bits per heavy atom. The molecule has 0 aliphatic rings. The lowest BCUT2D eigenvalue weighted by Gasteiger charge is -2.14. The van der Waals surface area contributed by atoms with Crippen LogP contribution < -0.4 is 10.1 Å². The molecule has 6 nitrogen and oxygen atoms in total. The summed E-state index contributed by atoms with van der Waals surface area (Å²) in [4.78, 5) is 12.1. The Morgan fingerprint density at radius 3 is 2.62 bits per heavy atom. The van der Waals surface area contributed by atoms with Crippen molar-refractivity contribution in [2.75, 3.05) is 5.32 Å². The van der Waals surface area contributed by atoms with Gasteiger partial charge in [0.1, 0.15) is 11.6 Å². The Morgan fingerprint density at radius 1 is 1.43 bits per heavy atom. The number of benzene rings is 1. The number of nitriles is 1. The Balaban J connectivity index is 1.99. The zero-order chi connectivity index (χ0) is 15.4. The van der Waals surface area contributed by atoms with Gasteiger partial charge in [0.2, 0.25) is 0 Å². The van der Waals surface area contributed by atoms with Gasteiger partial charge >= 0.3 is 0 Å². The highest BCUT2D eigenvalue weighted by Crippen LogP contribution is 2.15. The third-order valence-corrected chi connectivity index (χ3v) is 2.92. The number of amides is 1. The second-order valence-corrected chi connectivity index (χ2v) is 4.68. The second-order valence-electron chi connectivity index (χ2n) is 4.68. The maximum Gasteiger partial charge on any atom is 0.266 e. The Hall–Kier alpha value is -2.81. The minimum atomic E-state index is -0.659. The summed E-state index contributed by atoms with van der Waals surface area (Å²) in [5.74, 6) is 0.896. The van der Waals surface area contributed by atoms with Crippen LogP contribution in [0, 0.1) is 18.3 Å². The van der Waals surface area contributed by atoms with E-state index in [2.05, 4.69) is 10.4 Å². The van der Waals surface area contributed by atoms with Gasteiger partial charge in [-0.2, -0.15) is 10.4 Å². The van der Waals surface area contributed by atoms with Crippen molar-refractivity contribution >= 4 is 11.7 Å². The average Bonchev–Trinajstić information content (AvgIpc) is 2.77. The number of hydrogen-bond donors (Lipinski definition) is 1. The highest BCUT2D eigenvalue weighted by atomic mass is 16.5. The normalized spacial score (nSPS) is 11.5. The van der Waals surface area contributed by atoms with Crippen molar-refractivity contribution < 1.29 is 9.53 Å². The van der Waals surface area contributed by atoms with E-state index in [1.165, 1.54) is 0 Å². The van der Waals surface area contributed by atoms with Gasteiger partial charge in [-0.25, -0.2) is 0 Å². The van der Waals surface area contributed by atoms with Crippen molar-refractivity contribution in [3.8, 4) is 11.8 Å². The van der Waals surface area contributed by atoms with Crippen molar-refractivity contribution in [1.29, 1.82) is 5.26 Å². The molecule has 0 bridgehead atoms. The molecule has 0 saturated heterocycles. The zero-order valence-corrected chi connectivity index (χ0v) is 12.1. The molecular formula is C15H16N4O2. The van der Waals surface area contributed by atoms with Crippen molar-refractivity contribution in [2.24, 2.45) is 7.05 Å².